The monoisotopic (exact) mass is 283 g/mol. The largest absolute Gasteiger partial charge is 0.335 e. The second-order valence-corrected chi connectivity index (χ2v) is 4.44. The minimum atomic E-state index is -0.648. The summed E-state index contributed by atoms with van der Waals surface area (Å²) in [7, 11) is 0. The van der Waals surface area contributed by atoms with Crippen molar-refractivity contribution in [3.05, 3.63) is 45.2 Å². The van der Waals surface area contributed by atoms with Crippen LogP contribution in [0.1, 0.15) is 24.2 Å². The number of hydrogen-bond donors (Lipinski definition) is 0. The molecule has 1 rings (SSSR count). The quantitative estimate of drug-likeness (QED) is 0.360. The van der Waals surface area contributed by atoms with E-state index in [-0.39, 0.29) is 16.4 Å². The molecule has 1 amide bonds. The molecule has 1 aromatic heterocycles. The summed E-state index contributed by atoms with van der Waals surface area (Å²) < 4.78 is 0. The molecule has 6 nitrogen and oxygen atoms in total. The number of carbonyl (C=O) groups excluding carboxylic acids is 1. The van der Waals surface area contributed by atoms with E-state index < -0.39 is 10.8 Å². The van der Waals surface area contributed by atoms with Crippen molar-refractivity contribution in [1.29, 1.82) is 0 Å². The van der Waals surface area contributed by atoms with Crippen LogP contribution in [-0.4, -0.2) is 33.8 Å². The molecule has 0 unspecified atom stereocenters. The Labute approximate surface area is 115 Å². The fourth-order valence-corrected chi connectivity index (χ4v) is 1.72. The molecule has 0 saturated heterocycles. The predicted octanol–water partition coefficient (Wildman–Crippen LogP) is 2.68. The number of aromatic nitrogens is 1. The van der Waals surface area contributed by atoms with Crippen LogP contribution in [0.5, 0.6) is 0 Å². The van der Waals surface area contributed by atoms with E-state index in [0.717, 1.165) is 11.8 Å². The van der Waals surface area contributed by atoms with Crippen LogP contribution in [0.3, 0.4) is 0 Å². The number of nitro groups is 1. The highest BCUT2D eigenvalue weighted by atomic mass is 35.5. The van der Waals surface area contributed by atoms with Gasteiger partial charge in [-0.1, -0.05) is 23.8 Å². The number of pyridine rings is 1. The highest BCUT2D eigenvalue weighted by Gasteiger charge is 2.25. The molecule has 0 fully saturated rings. The lowest BCUT2D eigenvalue weighted by molar-refractivity contribution is -0.385. The zero-order chi connectivity index (χ0) is 14.6. The van der Waals surface area contributed by atoms with E-state index in [1.54, 1.807) is 13.8 Å². The molecular weight excluding hydrogens is 270 g/mol. The topological polar surface area (TPSA) is 76.3 Å². The van der Waals surface area contributed by atoms with E-state index in [0.29, 0.717) is 13.1 Å². The third-order valence-corrected chi connectivity index (χ3v) is 2.61. The zero-order valence-electron chi connectivity index (χ0n) is 10.7. The number of carbonyl (C=O) groups is 1. The summed E-state index contributed by atoms with van der Waals surface area (Å²) >= 11 is 5.70. The first-order chi connectivity index (χ1) is 8.86. The Balaban J connectivity index is 3.19. The lowest BCUT2D eigenvalue weighted by Crippen LogP contribution is -2.32. The van der Waals surface area contributed by atoms with E-state index in [1.165, 1.54) is 11.0 Å². The number of likely N-dealkylation sites (N-methyl/N-ethyl adjacent to an activating group) is 1. The van der Waals surface area contributed by atoms with Crippen molar-refractivity contribution in [3.63, 3.8) is 0 Å². The van der Waals surface area contributed by atoms with Gasteiger partial charge in [0.15, 0.2) is 0 Å². The Kier molecular flexibility index (Phi) is 5.00. The molecule has 7 heteroatoms. The standard InChI is InChI=1S/C12H14ClN3O3/c1-4-15(7-8(2)3)12(17)9-5-11(13)14-6-10(9)16(18)19/h5-6H,2,4,7H2,1,3H3. The Bertz CT molecular complexity index is 531. The number of halogens is 1. The summed E-state index contributed by atoms with van der Waals surface area (Å²) in [5.41, 5.74) is 0.376. The molecule has 0 saturated carbocycles. The molecular formula is C12H14ClN3O3. The van der Waals surface area contributed by atoms with Crippen LogP contribution in [0, 0.1) is 10.1 Å². The first-order valence-corrected chi connectivity index (χ1v) is 5.98. The summed E-state index contributed by atoms with van der Waals surface area (Å²) in [5.74, 6) is -0.457. The van der Waals surface area contributed by atoms with Gasteiger partial charge in [0.1, 0.15) is 16.9 Å². The van der Waals surface area contributed by atoms with Crippen LogP contribution in [0.15, 0.2) is 24.4 Å². The molecule has 0 spiro atoms. The fourth-order valence-electron chi connectivity index (χ4n) is 1.56. The Morgan fingerprint density at radius 1 is 1.63 bits per heavy atom. The SMILES string of the molecule is C=C(C)CN(CC)C(=O)c1cc(Cl)ncc1[N+](=O)[O-]. The third kappa shape index (κ3) is 3.75. The van der Waals surface area contributed by atoms with Crippen LogP contribution >= 0.6 is 11.6 Å². The summed E-state index contributed by atoms with van der Waals surface area (Å²) in [6, 6.07) is 1.21. The van der Waals surface area contributed by atoms with Gasteiger partial charge in [0.25, 0.3) is 11.6 Å². The van der Waals surface area contributed by atoms with E-state index in [9.17, 15) is 14.9 Å². The maximum absolute atomic E-state index is 12.3. The van der Waals surface area contributed by atoms with Gasteiger partial charge in [-0.15, -0.1) is 0 Å². The van der Waals surface area contributed by atoms with Crippen LogP contribution in [-0.2, 0) is 0 Å². The van der Waals surface area contributed by atoms with Crippen molar-refractivity contribution in [2.45, 2.75) is 13.8 Å². The van der Waals surface area contributed by atoms with Crippen LogP contribution < -0.4 is 0 Å². The Hall–Kier alpha value is -1.95. The molecule has 0 aromatic carbocycles. The molecule has 0 radical (unpaired) electrons. The van der Waals surface area contributed by atoms with E-state index in [1.807, 2.05) is 0 Å². The maximum Gasteiger partial charge on any atom is 0.300 e. The van der Waals surface area contributed by atoms with Gasteiger partial charge < -0.3 is 4.90 Å². The fraction of sp³-hybridized carbons (Fsp3) is 0.333. The van der Waals surface area contributed by atoms with Crippen molar-refractivity contribution >= 4 is 23.2 Å². The molecule has 102 valence electrons. The normalized spacial score (nSPS) is 10.1. The number of hydrogen-bond acceptors (Lipinski definition) is 4. The van der Waals surface area contributed by atoms with Gasteiger partial charge in [-0.2, -0.15) is 0 Å². The maximum atomic E-state index is 12.3. The van der Waals surface area contributed by atoms with Gasteiger partial charge in [0.2, 0.25) is 0 Å². The van der Waals surface area contributed by atoms with E-state index >= 15 is 0 Å². The average molecular weight is 284 g/mol. The van der Waals surface area contributed by atoms with Crippen molar-refractivity contribution in [2.75, 3.05) is 13.1 Å². The third-order valence-electron chi connectivity index (χ3n) is 2.41. The van der Waals surface area contributed by atoms with Crippen molar-refractivity contribution in [3.8, 4) is 0 Å². The summed E-state index contributed by atoms with van der Waals surface area (Å²) in [5, 5.41) is 10.9. The molecule has 0 aliphatic carbocycles. The molecule has 0 aliphatic heterocycles. The van der Waals surface area contributed by atoms with Crippen molar-refractivity contribution < 1.29 is 9.72 Å². The summed E-state index contributed by atoms with van der Waals surface area (Å²) in [4.78, 5) is 27.6. The first kappa shape index (κ1) is 15.1. The highest BCUT2D eigenvalue weighted by Crippen LogP contribution is 2.22. The second-order valence-electron chi connectivity index (χ2n) is 4.06. The van der Waals surface area contributed by atoms with Gasteiger partial charge in [0.05, 0.1) is 4.92 Å². The number of nitrogens with zero attached hydrogens (tertiary/aromatic N) is 3. The van der Waals surface area contributed by atoms with Gasteiger partial charge in [-0.3, -0.25) is 14.9 Å². The first-order valence-electron chi connectivity index (χ1n) is 5.60. The number of amides is 1. The average Bonchev–Trinajstić information content (AvgIpc) is 2.34. The minimum absolute atomic E-state index is 0.0420. The van der Waals surface area contributed by atoms with Gasteiger partial charge in [-0.05, 0) is 19.9 Å². The minimum Gasteiger partial charge on any atom is -0.335 e. The van der Waals surface area contributed by atoms with Gasteiger partial charge >= 0.3 is 0 Å². The second kappa shape index (κ2) is 6.29. The highest BCUT2D eigenvalue weighted by molar-refractivity contribution is 6.29. The lowest BCUT2D eigenvalue weighted by Gasteiger charge is -2.20. The predicted molar refractivity (Wildman–Crippen MR) is 72.3 cm³/mol. The van der Waals surface area contributed by atoms with Gasteiger partial charge in [0, 0.05) is 13.1 Å². The van der Waals surface area contributed by atoms with Gasteiger partial charge in [-0.25, -0.2) is 4.98 Å². The summed E-state index contributed by atoms with van der Waals surface area (Å²) in [6.45, 7) is 8.06. The molecule has 0 atom stereocenters. The zero-order valence-corrected chi connectivity index (χ0v) is 11.5. The Morgan fingerprint density at radius 3 is 2.74 bits per heavy atom. The molecule has 1 aromatic rings. The van der Waals surface area contributed by atoms with Crippen LogP contribution in [0.4, 0.5) is 5.69 Å². The number of rotatable bonds is 5. The lowest BCUT2D eigenvalue weighted by atomic mass is 10.2. The van der Waals surface area contributed by atoms with Crippen LogP contribution in [0.25, 0.3) is 0 Å². The molecule has 0 aliphatic rings. The van der Waals surface area contributed by atoms with E-state index in [4.69, 9.17) is 11.6 Å². The molecule has 0 N–H and O–H groups in total. The summed E-state index contributed by atoms with van der Waals surface area (Å²) in [6.07, 6.45) is 0.990. The molecule has 0 bridgehead atoms. The molecule has 1 heterocycles. The molecule has 19 heavy (non-hydrogen) atoms. The Morgan fingerprint density at radius 2 is 2.26 bits per heavy atom. The smallest absolute Gasteiger partial charge is 0.300 e. The van der Waals surface area contributed by atoms with E-state index in [2.05, 4.69) is 11.6 Å². The van der Waals surface area contributed by atoms with Crippen molar-refractivity contribution in [2.24, 2.45) is 0 Å². The van der Waals surface area contributed by atoms with Crippen molar-refractivity contribution in [1.82, 2.24) is 9.88 Å². The van der Waals surface area contributed by atoms with Crippen LogP contribution in [0.2, 0.25) is 5.15 Å².